The summed E-state index contributed by atoms with van der Waals surface area (Å²) in [4.78, 5) is 44.2. The third-order valence-electron chi connectivity index (χ3n) is 9.61. The summed E-state index contributed by atoms with van der Waals surface area (Å²) in [5.74, 6) is 0.495. The van der Waals surface area contributed by atoms with Gasteiger partial charge >= 0.3 is 0 Å². The number of benzene rings is 2. The molecule has 0 spiro atoms. The molecule has 1 saturated heterocycles. The lowest BCUT2D eigenvalue weighted by molar-refractivity contribution is -0.0839. The van der Waals surface area contributed by atoms with Gasteiger partial charge in [-0.15, -0.1) is 0 Å². The van der Waals surface area contributed by atoms with E-state index in [0.29, 0.717) is 52.0 Å². The van der Waals surface area contributed by atoms with Crippen molar-refractivity contribution in [3.63, 3.8) is 0 Å². The van der Waals surface area contributed by atoms with Gasteiger partial charge in [-0.25, -0.2) is 15.0 Å². The van der Waals surface area contributed by atoms with Gasteiger partial charge in [-0.3, -0.25) is 14.5 Å². The lowest BCUT2D eigenvalue weighted by Crippen LogP contribution is -2.48. The van der Waals surface area contributed by atoms with Crippen molar-refractivity contribution in [3.05, 3.63) is 75.5 Å². The van der Waals surface area contributed by atoms with Crippen LogP contribution in [0.2, 0.25) is 5.02 Å². The number of hydrogen-bond acceptors (Lipinski definition) is 13. The normalized spacial score (nSPS) is 14.7. The first-order chi connectivity index (χ1) is 26.1. The Bertz CT molecular complexity index is 1930. The summed E-state index contributed by atoms with van der Waals surface area (Å²) in [5.41, 5.74) is 0.438. The second kappa shape index (κ2) is 18.4. The van der Waals surface area contributed by atoms with E-state index >= 15 is 0 Å². The number of aromatic nitrogens is 3. The van der Waals surface area contributed by atoms with Gasteiger partial charge in [0.1, 0.15) is 22.3 Å². The molecule has 1 aliphatic heterocycles. The molecular formula is C39H51ClN8O6S. The maximum Gasteiger partial charge on any atom is 0.267 e. The van der Waals surface area contributed by atoms with Gasteiger partial charge in [-0.1, -0.05) is 48.1 Å². The molecule has 296 valence electrons. The number of aromatic hydroxyl groups is 2. The minimum Gasteiger partial charge on any atom is -0.504 e. The fourth-order valence-corrected chi connectivity index (χ4v) is 6.95. The summed E-state index contributed by atoms with van der Waals surface area (Å²) >= 11 is 7.52. The molecule has 0 aliphatic carbocycles. The summed E-state index contributed by atoms with van der Waals surface area (Å²) < 4.78 is 12.6. The lowest BCUT2D eigenvalue weighted by atomic mass is 9.99. The number of carbonyl (C=O) groups excluding carboxylic acids is 2. The number of hydrogen-bond donors (Lipinski definition) is 5. The Morgan fingerprint density at radius 1 is 0.982 bits per heavy atom. The number of nitrogens with one attached hydrogen (secondary N) is 3. The summed E-state index contributed by atoms with van der Waals surface area (Å²) in [6.07, 6.45) is 3.03. The molecular weight excluding hydrogens is 744 g/mol. The standard InChI is InChI=1S/C39H51ClN8O6S/c1-7-39(6,14-20-53-38(4,5)24-42-35(51)27-11-9-13-29(49)34(27)50)54-21-19-47-15-17-48(18-16-47)32-22-31(43-26(3)44-32)45-37-41-23-30(55-37)36(52)46-33-25(2)10-8-12-28(33)40/h8-13,22-23,49-50H,7,14-21,24H2,1-6H3,(H,42,51)(H,46,52)(H,41,43,44,45). The first-order valence-electron chi connectivity index (χ1n) is 18.3. The molecule has 1 aliphatic rings. The van der Waals surface area contributed by atoms with Crippen molar-refractivity contribution in [3.8, 4) is 11.5 Å². The van der Waals surface area contributed by atoms with Crippen LogP contribution in [-0.4, -0.2) is 106 Å². The molecule has 1 unspecified atom stereocenters. The molecule has 2 aromatic heterocycles. The van der Waals surface area contributed by atoms with Crippen LogP contribution in [0.15, 0.2) is 48.7 Å². The van der Waals surface area contributed by atoms with Crippen LogP contribution in [0.5, 0.6) is 11.5 Å². The van der Waals surface area contributed by atoms with Crippen molar-refractivity contribution < 1.29 is 29.3 Å². The van der Waals surface area contributed by atoms with E-state index in [1.807, 2.05) is 45.9 Å². The highest BCUT2D eigenvalue weighted by Crippen LogP contribution is 2.30. The fourth-order valence-electron chi connectivity index (χ4n) is 5.96. The monoisotopic (exact) mass is 794 g/mol. The Morgan fingerprint density at radius 2 is 1.73 bits per heavy atom. The minimum atomic E-state index is -0.657. The van der Waals surface area contributed by atoms with E-state index < -0.39 is 17.3 Å². The molecule has 0 radical (unpaired) electrons. The summed E-state index contributed by atoms with van der Waals surface area (Å²) in [7, 11) is 0. The second-order valence-electron chi connectivity index (χ2n) is 14.4. The van der Waals surface area contributed by atoms with Crippen molar-refractivity contribution in [2.75, 3.05) is 68.0 Å². The predicted molar refractivity (Wildman–Crippen MR) is 216 cm³/mol. The number of aryl methyl sites for hydroxylation is 2. The quantitative estimate of drug-likeness (QED) is 0.0733. The number of phenols is 2. The molecule has 0 saturated carbocycles. The van der Waals surface area contributed by atoms with E-state index in [1.165, 1.54) is 35.7 Å². The van der Waals surface area contributed by atoms with Gasteiger partial charge in [-0.05, 0) is 71.2 Å². The van der Waals surface area contributed by atoms with Gasteiger partial charge in [-0.2, -0.15) is 0 Å². The lowest BCUT2D eigenvalue weighted by Gasteiger charge is -2.36. The first-order valence-corrected chi connectivity index (χ1v) is 19.5. The Hall–Kier alpha value is -4.54. The number of carbonyl (C=O) groups is 2. The molecule has 4 aromatic rings. The minimum absolute atomic E-state index is 0.00666. The molecule has 3 heterocycles. The van der Waals surface area contributed by atoms with Gasteiger partial charge in [0.25, 0.3) is 11.8 Å². The van der Waals surface area contributed by atoms with E-state index in [2.05, 4.69) is 49.6 Å². The smallest absolute Gasteiger partial charge is 0.267 e. The molecule has 0 bridgehead atoms. The highest BCUT2D eigenvalue weighted by atomic mass is 35.5. The van der Waals surface area contributed by atoms with Gasteiger partial charge in [0.15, 0.2) is 16.6 Å². The molecule has 14 nitrogen and oxygen atoms in total. The summed E-state index contributed by atoms with van der Waals surface area (Å²) in [5, 5.41) is 29.6. The van der Waals surface area contributed by atoms with Crippen molar-refractivity contribution in [1.82, 2.24) is 25.2 Å². The van der Waals surface area contributed by atoms with Crippen LogP contribution >= 0.6 is 22.9 Å². The van der Waals surface area contributed by atoms with Crippen molar-refractivity contribution in [2.24, 2.45) is 0 Å². The van der Waals surface area contributed by atoms with Crippen molar-refractivity contribution in [2.45, 2.75) is 65.6 Å². The summed E-state index contributed by atoms with van der Waals surface area (Å²) in [6.45, 7) is 17.1. The molecule has 1 fully saturated rings. The van der Waals surface area contributed by atoms with Gasteiger partial charge in [0.2, 0.25) is 0 Å². The fraction of sp³-hybridized carbons (Fsp3) is 0.462. The Morgan fingerprint density at radius 3 is 2.45 bits per heavy atom. The molecule has 5 N–H and O–H groups in total. The van der Waals surface area contributed by atoms with E-state index in [0.717, 1.165) is 50.5 Å². The number of halogens is 1. The zero-order chi connectivity index (χ0) is 39.8. The maximum absolute atomic E-state index is 12.9. The van der Waals surface area contributed by atoms with Gasteiger partial charge in [0, 0.05) is 45.3 Å². The SMILES string of the molecule is CCC(C)(CCOC(C)(C)CNC(=O)c1cccc(O)c1O)OCCN1CCN(c2cc(Nc3ncc(C(=O)Nc4c(C)cccc4Cl)s3)nc(C)n2)CC1. The summed E-state index contributed by atoms with van der Waals surface area (Å²) in [6, 6.07) is 11.6. The van der Waals surface area contributed by atoms with E-state index in [4.69, 9.17) is 26.1 Å². The molecule has 55 heavy (non-hydrogen) atoms. The Labute approximate surface area is 331 Å². The predicted octanol–water partition coefficient (Wildman–Crippen LogP) is 6.53. The zero-order valence-electron chi connectivity index (χ0n) is 32.2. The average Bonchev–Trinajstić information content (AvgIpc) is 3.62. The highest BCUT2D eigenvalue weighted by Gasteiger charge is 2.27. The number of piperazine rings is 1. The number of amides is 2. The highest BCUT2D eigenvalue weighted by molar-refractivity contribution is 7.17. The van der Waals surface area contributed by atoms with Crippen LogP contribution in [0.25, 0.3) is 0 Å². The van der Waals surface area contributed by atoms with E-state index in [-0.39, 0.29) is 29.4 Å². The maximum atomic E-state index is 12.9. The van der Waals surface area contributed by atoms with Crippen LogP contribution in [0.3, 0.4) is 0 Å². The van der Waals surface area contributed by atoms with Crippen LogP contribution in [0.4, 0.5) is 22.5 Å². The number of phenolic OH excluding ortho intramolecular Hbond substituents is 2. The Kier molecular flexibility index (Phi) is 13.9. The number of nitrogens with zero attached hydrogens (tertiary/aromatic N) is 5. The number of para-hydroxylation sites is 2. The molecule has 2 aromatic carbocycles. The number of thiazole rings is 1. The first kappa shape index (κ1) is 41.6. The number of rotatable bonds is 17. The Balaban J connectivity index is 1.04. The number of anilines is 4. The van der Waals surface area contributed by atoms with Crippen LogP contribution < -0.4 is 20.9 Å². The third kappa shape index (κ3) is 11.5. The largest absolute Gasteiger partial charge is 0.504 e. The van der Waals surface area contributed by atoms with Crippen LogP contribution in [0, 0.1) is 13.8 Å². The van der Waals surface area contributed by atoms with Crippen LogP contribution in [-0.2, 0) is 9.47 Å². The zero-order valence-corrected chi connectivity index (χ0v) is 33.8. The van der Waals surface area contributed by atoms with E-state index in [9.17, 15) is 19.8 Å². The van der Waals surface area contributed by atoms with Crippen molar-refractivity contribution >= 4 is 57.2 Å². The molecule has 1 atom stereocenters. The van der Waals surface area contributed by atoms with Crippen LogP contribution in [0.1, 0.15) is 72.0 Å². The average molecular weight is 795 g/mol. The molecule has 2 amide bonds. The topological polar surface area (TPSA) is 174 Å². The third-order valence-corrected chi connectivity index (χ3v) is 10.8. The molecule has 5 rings (SSSR count). The van der Waals surface area contributed by atoms with Gasteiger partial charge < -0.3 is 40.5 Å². The van der Waals surface area contributed by atoms with Gasteiger partial charge in [0.05, 0.1) is 46.9 Å². The van der Waals surface area contributed by atoms with E-state index in [1.54, 1.807) is 6.07 Å². The number of ether oxygens (including phenoxy) is 2. The molecule has 16 heteroatoms. The second-order valence-corrected chi connectivity index (χ2v) is 15.8. The van der Waals surface area contributed by atoms with Crippen molar-refractivity contribution in [1.29, 1.82) is 0 Å².